The largest absolute Gasteiger partial charge is 0.422 e. The highest BCUT2D eigenvalue weighted by molar-refractivity contribution is 9.10. The molecule has 0 saturated heterocycles. The highest BCUT2D eigenvalue weighted by Crippen LogP contribution is 2.27. The zero-order valence-corrected chi connectivity index (χ0v) is 17.1. The standard InChI is InChI=1S/C21H11BrFN3O2S/c22-14-1-6-19-12(7-14)8-17(21(27)28-19)18-11-29-20(26-18)13(9-24)10-25-16-4-2-15(23)3-5-16/h1-8,10-11,25H. The van der Waals surface area contributed by atoms with Gasteiger partial charge in [-0.3, -0.25) is 0 Å². The molecule has 142 valence electrons. The molecule has 0 radical (unpaired) electrons. The average Bonchev–Trinajstić information content (AvgIpc) is 3.19. The molecule has 0 aliphatic carbocycles. The summed E-state index contributed by atoms with van der Waals surface area (Å²) in [5.41, 5.74) is 1.67. The Balaban J connectivity index is 1.66. The molecule has 4 aromatic rings. The number of hydrogen-bond donors (Lipinski definition) is 1. The highest BCUT2D eigenvalue weighted by atomic mass is 79.9. The number of allylic oxidation sites excluding steroid dienone is 1. The Labute approximate surface area is 176 Å². The lowest BCUT2D eigenvalue weighted by atomic mass is 10.1. The van der Waals surface area contributed by atoms with E-state index in [1.807, 2.05) is 6.07 Å². The van der Waals surface area contributed by atoms with Gasteiger partial charge in [0.2, 0.25) is 0 Å². The third-order valence-corrected chi connectivity index (χ3v) is 5.42. The lowest BCUT2D eigenvalue weighted by Crippen LogP contribution is -2.03. The number of thiazole rings is 1. The zero-order valence-electron chi connectivity index (χ0n) is 14.6. The number of halogens is 2. The number of hydrogen-bond acceptors (Lipinski definition) is 6. The number of benzene rings is 2. The first-order valence-electron chi connectivity index (χ1n) is 8.35. The molecule has 29 heavy (non-hydrogen) atoms. The third kappa shape index (κ3) is 4.11. The van der Waals surface area contributed by atoms with Crippen LogP contribution in [-0.4, -0.2) is 4.98 Å². The SMILES string of the molecule is N#CC(=CNc1ccc(F)cc1)c1nc(-c2cc3cc(Br)ccc3oc2=O)cs1. The first-order valence-corrected chi connectivity index (χ1v) is 10.0. The maximum atomic E-state index is 13.0. The first kappa shape index (κ1) is 19.1. The van der Waals surface area contributed by atoms with Crippen LogP contribution in [-0.2, 0) is 0 Å². The summed E-state index contributed by atoms with van der Waals surface area (Å²) in [6, 6.07) is 14.9. The van der Waals surface area contributed by atoms with Gasteiger partial charge in [0.05, 0.1) is 11.3 Å². The van der Waals surface area contributed by atoms with Crippen molar-refractivity contribution in [2.75, 3.05) is 5.32 Å². The number of nitrogens with one attached hydrogen (secondary N) is 1. The molecule has 0 saturated carbocycles. The molecule has 0 aliphatic heterocycles. The van der Waals surface area contributed by atoms with E-state index in [9.17, 15) is 14.4 Å². The van der Waals surface area contributed by atoms with Crippen LogP contribution in [0.4, 0.5) is 10.1 Å². The Morgan fingerprint density at radius 1 is 1.24 bits per heavy atom. The molecule has 0 spiro atoms. The smallest absolute Gasteiger partial charge is 0.345 e. The van der Waals surface area contributed by atoms with Crippen molar-refractivity contribution in [1.82, 2.24) is 4.98 Å². The molecular formula is C21H11BrFN3O2S. The fourth-order valence-corrected chi connectivity index (χ4v) is 3.80. The summed E-state index contributed by atoms with van der Waals surface area (Å²) in [7, 11) is 0. The van der Waals surface area contributed by atoms with Crippen LogP contribution < -0.4 is 10.9 Å². The van der Waals surface area contributed by atoms with Crippen molar-refractivity contribution < 1.29 is 8.81 Å². The molecule has 5 nitrogen and oxygen atoms in total. The van der Waals surface area contributed by atoms with E-state index in [2.05, 4.69) is 32.3 Å². The van der Waals surface area contributed by atoms with Crippen LogP contribution in [0.15, 0.2) is 73.8 Å². The van der Waals surface area contributed by atoms with Crippen molar-refractivity contribution in [3.63, 3.8) is 0 Å². The van der Waals surface area contributed by atoms with Crippen LogP contribution in [0.5, 0.6) is 0 Å². The second-order valence-electron chi connectivity index (χ2n) is 5.99. The molecule has 2 aromatic heterocycles. The van der Waals surface area contributed by atoms with E-state index in [4.69, 9.17) is 4.42 Å². The zero-order chi connectivity index (χ0) is 20.4. The van der Waals surface area contributed by atoms with Gasteiger partial charge < -0.3 is 9.73 Å². The first-order chi connectivity index (χ1) is 14.0. The monoisotopic (exact) mass is 467 g/mol. The number of fused-ring (bicyclic) bond motifs is 1. The van der Waals surface area contributed by atoms with Crippen molar-refractivity contribution in [1.29, 1.82) is 5.26 Å². The molecule has 0 atom stereocenters. The van der Waals surface area contributed by atoms with Gasteiger partial charge in [0.15, 0.2) is 0 Å². The second-order valence-corrected chi connectivity index (χ2v) is 7.76. The molecule has 0 bridgehead atoms. The molecule has 8 heteroatoms. The topological polar surface area (TPSA) is 78.9 Å². The number of anilines is 1. The van der Waals surface area contributed by atoms with Gasteiger partial charge in [0, 0.05) is 27.1 Å². The van der Waals surface area contributed by atoms with Gasteiger partial charge in [0.1, 0.15) is 28.1 Å². The van der Waals surface area contributed by atoms with Gasteiger partial charge in [-0.2, -0.15) is 5.26 Å². The summed E-state index contributed by atoms with van der Waals surface area (Å²) in [6.45, 7) is 0. The molecule has 4 rings (SSSR count). The Bertz CT molecular complexity index is 1340. The molecule has 0 unspecified atom stereocenters. The van der Waals surface area contributed by atoms with E-state index in [1.54, 1.807) is 35.7 Å². The second kappa shape index (κ2) is 7.99. The van der Waals surface area contributed by atoms with Gasteiger partial charge in [-0.1, -0.05) is 15.9 Å². The van der Waals surface area contributed by atoms with E-state index in [-0.39, 0.29) is 5.82 Å². The van der Waals surface area contributed by atoms with Crippen LogP contribution in [0, 0.1) is 17.1 Å². The lowest BCUT2D eigenvalue weighted by Gasteiger charge is -2.01. The minimum absolute atomic E-state index is 0.290. The van der Waals surface area contributed by atoms with Crippen molar-refractivity contribution in [2.45, 2.75) is 0 Å². The fraction of sp³-hybridized carbons (Fsp3) is 0. The van der Waals surface area contributed by atoms with Crippen LogP contribution in [0.2, 0.25) is 0 Å². The van der Waals surface area contributed by atoms with E-state index in [0.29, 0.717) is 33.1 Å². The van der Waals surface area contributed by atoms with Gasteiger partial charge in [-0.15, -0.1) is 11.3 Å². The summed E-state index contributed by atoms with van der Waals surface area (Å²) in [5.74, 6) is -0.342. The summed E-state index contributed by atoms with van der Waals surface area (Å²) >= 11 is 4.64. The van der Waals surface area contributed by atoms with Crippen molar-refractivity contribution >= 4 is 49.5 Å². The van der Waals surface area contributed by atoms with E-state index >= 15 is 0 Å². The van der Waals surface area contributed by atoms with Gasteiger partial charge >= 0.3 is 5.63 Å². The fourth-order valence-electron chi connectivity index (χ4n) is 2.64. The summed E-state index contributed by atoms with van der Waals surface area (Å²) in [6.07, 6.45) is 1.50. The normalized spacial score (nSPS) is 11.4. The van der Waals surface area contributed by atoms with Gasteiger partial charge in [0.25, 0.3) is 0 Å². The summed E-state index contributed by atoms with van der Waals surface area (Å²) < 4.78 is 19.2. The number of nitriles is 1. The molecule has 1 N–H and O–H groups in total. The predicted molar refractivity (Wildman–Crippen MR) is 115 cm³/mol. The maximum Gasteiger partial charge on any atom is 0.345 e. The average molecular weight is 468 g/mol. The van der Waals surface area contributed by atoms with Crippen LogP contribution in [0.25, 0.3) is 27.8 Å². The van der Waals surface area contributed by atoms with Gasteiger partial charge in [-0.25, -0.2) is 14.2 Å². The molecule has 0 fully saturated rings. The van der Waals surface area contributed by atoms with Crippen molar-refractivity contribution in [3.8, 4) is 17.3 Å². The van der Waals surface area contributed by atoms with E-state index in [1.165, 1.54) is 29.7 Å². The molecule has 2 heterocycles. The number of aromatic nitrogens is 1. The summed E-state index contributed by atoms with van der Waals surface area (Å²) in [5, 5.41) is 15.3. The number of nitrogens with zero attached hydrogens (tertiary/aromatic N) is 2. The van der Waals surface area contributed by atoms with Crippen molar-refractivity contribution in [3.05, 3.63) is 85.8 Å². The Morgan fingerprint density at radius 3 is 2.79 bits per heavy atom. The van der Waals surface area contributed by atoms with Crippen molar-refractivity contribution in [2.24, 2.45) is 0 Å². The Hall–Kier alpha value is -3.28. The van der Waals surface area contributed by atoms with Crippen LogP contribution >= 0.6 is 27.3 Å². The number of rotatable bonds is 4. The predicted octanol–water partition coefficient (Wildman–Crippen LogP) is 5.79. The third-order valence-electron chi connectivity index (χ3n) is 4.05. The summed E-state index contributed by atoms with van der Waals surface area (Å²) in [4.78, 5) is 16.8. The minimum atomic E-state index is -0.497. The van der Waals surface area contributed by atoms with Crippen LogP contribution in [0.3, 0.4) is 0 Å². The molecule has 0 aliphatic rings. The quantitative estimate of drug-likeness (QED) is 0.303. The molecule has 0 amide bonds. The lowest BCUT2D eigenvalue weighted by molar-refractivity contribution is 0.563. The Morgan fingerprint density at radius 2 is 2.03 bits per heavy atom. The Kier molecular flexibility index (Phi) is 5.25. The van der Waals surface area contributed by atoms with E-state index in [0.717, 1.165) is 9.86 Å². The minimum Gasteiger partial charge on any atom is -0.422 e. The highest BCUT2D eigenvalue weighted by Gasteiger charge is 2.14. The van der Waals surface area contributed by atoms with E-state index < -0.39 is 5.63 Å². The maximum absolute atomic E-state index is 13.0. The molecule has 2 aromatic carbocycles. The van der Waals surface area contributed by atoms with Gasteiger partial charge in [-0.05, 0) is 48.5 Å². The molecular weight excluding hydrogens is 457 g/mol. The van der Waals surface area contributed by atoms with Crippen LogP contribution in [0.1, 0.15) is 5.01 Å².